The van der Waals surface area contributed by atoms with Crippen molar-refractivity contribution in [1.29, 1.82) is 0 Å². The minimum Gasteiger partial charge on any atom is -0.355 e. The Bertz CT molecular complexity index is 639. The van der Waals surface area contributed by atoms with Crippen molar-refractivity contribution in [2.75, 3.05) is 42.9 Å². The number of hydrogen-bond acceptors (Lipinski definition) is 7. The van der Waals surface area contributed by atoms with E-state index in [2.05, 4.69) is 30.2 Å². The Hall–Kier alpha value is -2.77. The number of hydrogen-bond donors (Lipinski definition) is 1. The van der Waals surface area contributed by atoms with E-state index in [1.54, 1.807) is 30.9 Å². The molecular weight excluding hydrogens is 294 g/mol. The van der Waals surface area contributed by atoms with Crippen LogP contribution in [0.2, 0.25) is 0 Å². The van der Waals surface area contributed by atoms with Crippen molar-refractivity contribution in [2.24, 2.45) is 0 Å². The summed E-state index contributed by atoms with van der Waals surface area (Å²) < 4.78 is 0. The molecule has 3 rings (SSSR count). The van der Waals surface area contributed by atoms with Crippen LogP contribution in [0, 0.1) is 0 Å². The summed E-state index contributed by atoms with van der Waals surface area (Å²) in [6.45, 7) is 5.41. The number of piperazine rings is 1. The maximum atomic E-state index is 12.5. The maximum absolute atomic E-state index is 12.5. The average molecular weight is 313 g/mol. The zero-order chi connectivity index (χ0) is 16.1. The smallest absolute Gasteiger partial charge is 0.257 e. The monoisotopic (exact) mass is 313 g/mol. The number of carbonyl (C=O) groups is 1. The molecule has 1 N–H and O–H groups in total. The molecule has 1 aliphatic heterocycles. The van der Waals surface area contributed by atoms with Crippen LogP contribution in [-0.2, 0) is 0 Å². The molecule has 3 heterocycles. The second-order valence-electron chi connectivity index (χ2n) is 5.15. The summed E-state index contributed by atoms with van der Waals surface area (Å²) in [6.07, 6.45) is 6.59. The fourth-order valence-corrected chi connectivity index (χ4v) is 2.43. The zero-order valence-corrected chi connectivity index (χ0v) is 13.0. The summed E-state index contributed by atoms with van der Waals surface area (Å²) in [4.78, 5) is 33.2. The van der Waals surface area contributed by atoms with E-state index < -0.39 is 0 Å². The minimum atomic E-state index is -0.0401. The molecule has 8 nitrogen and oxygen atoms in total. The van der Waals surface area contributed by atoms with Crippen molar-refractivity contribution < 1.29 is 4.79 Å². The predicted octanol–water partition coefficient (Wildman–Crippen LogP) is 0.661. The van der Waals surface area contributed by atoms with Crippen LogP contribution in [0.3, 0.4) is 0 Å². The van der Waals surface area contributed by atoms with Crippen LogP contribution < -0.4 is 10.2 Å². The summed E-state index contributed by atoms with van der Waals surface area (Å²) >= 11 is 0. The summed E-state index contributed by atoms with van der Waals surface area (Å²) in [5.74, 6) is 1.20. The fourth-order valence-electron chi connectivity index (χ4n) is 2.43. The number of carbonyl (C=O) groups excluding carboxylic acids is 1. The average Bonchev–Trinajstić information content (AvgIpc) is 2.63. The Morgan fingerprint density at radius 3 is 2.35 bits per heavy atom. The molecule has 2 aromatic heterocycles. The first-order chi connectivity index (χ1) is 11.3. The lowest BCUT2D eigenvalue weighted by Crippen LogP contribution is -2.49. The molecule has 1 saturated heterocycles. The Morgan fingerprint density at radius 2 is 1.74 bits per heavy atom. The Balaban J connectivity index is 1.59. The molecule has 1 amide bonds. The van der Waals surface area contributed by atoms with Crippen molar-refractivity contribution >= 4 is 17.8 Å². The van der Waals surface area contributed by atoms with Gasteiger partial charge in [0.1, 0.15) is 0 Å². The standard InChI is InChI=1S/C15H19N7O/c1-2-16-14-19-10-12(11-20-14)13(23)21-6-8-22(9-7-21)15-17-4-3-5-18-15/h3-5,10-11H,2,6-9H2,1H3,(H,16,19,20). The third-order valence-electron chi connectivity index (χ3n) is 3.64. The van der Waals surface area contributed by atoms with E-state index in [1.807, 2.05) is 11.8 Å². The lowest BCUT2D eigenvalue weighted by Gasteiger charge is -2.34. The van der Waals surface area contributed by atoms with Crippen molar-refractivity contribution in [1.82, 2.24) is 24.8 Å². The molecule has 120 valence electrons. The highest BCUT2D eigenvalue weighted by Crippen LogP contribution is 2.12. The molecule has 0 aromatic carbocycles. The van der Waals surface area contributed by atoms with Gasteiger partial charge in [-0.2, -0.15) is 0 Å². The third kappa shape index (κ3) is 3.53. The Kier molecular flexibility index (Phi) is 4.60. The van der Waals surface area contributed by atoms with Gasteiger partial charge in [0.05, 0.1) is 5.56 Å². The highest BCUT2D eigenvalue weighted by molar-refractivity contribution is 5.93. The molecular formula is C15H19N7O. The van der Waals surface area contributed by atoms with E-state index >= 15 is 0 Å². The molecule has 0 radical (unpaired) electrons. The van der Waals surface area contributed by atoms with Gasteiger partial charge in [0.25, 0.3) is 5.91 Å². The van der Waals surface area contributed by atoms with Gasteiger partial charge in [-0.25, -0.2) is 19.9 Å². The third-order valence-corrected chi connectivity index (χ3v) is 3.64. The van der Waals surface area contributed by atoms with Crippen LogP contribution in [0.1, 0.15) is 17.3 Å². The molecule has 0 bridgehead atoms. The van der Waals surface area contributed by atoms with Crippen LogP contribution >= 0.6 is 0 Å². The van der Waals surface area contributed by atoms with Crippen molar-refractivity contribution in [2.45, 2.75) is 6.92 Å². The van der Waals surface area contributed by atoms with Crippen LogP contribution in [0.5, 0.6) is 0 Å². The molecule has 1 fully saturated rings. The number of amides is 1. The number of rotatable bonds is 4. The van der Waals surface area contributed by atoms with Gasteiger partial charge < -0.3 is 15.1 Å². The second-order valence-corrected chi connectivity index (χ2v) is 5.15. The molecule has 0 unspecified atom stereocenters. The molecule has 2 aromatic rings. The summed E-state index contributed by atoms with van der Waals surface area (Å²) in [7, 11) is 0. The number of anilines is 2. The van der Waals surface area contributed by atoms with Gasteiger partial charge >= 0.3 is 0 Å². The van der Waals surface area contributed by atoms with Gasteiger partial charge in [-0.05, 0) is 13.0 Å². The van der Waals surface area contributed by atoms with Gasteiger partial charge in [0.2, 0.25) is 11.9 Å². The van der Waals surface area contributed by atoms with Crippen molar-refractivity contribution in [3.63, 3.8) is 0 Å². The van der Waals surface area contributed by atoms with Gasteiger partial charge in [0.15, 0.2) is 0 Å². The van der Waals surface area contributed by atoms with E-state index in [0.29, 0.717) is 43.6 Å². The molecule has 0 atom stereocenters. The van der Waals surface area contributed by atoms with E-state index in [1.165, 1.54) is 0 Å². The first-order valence-corrected chi connectivity index (χ1v) is 7.65. The van der Waals surface area contributed by atoms with Gasteiger partial charge in [0, 0.05) is 57.5 Å². The van der Waals surface area contributed by atoms with Gasteiger partial charge in [-0.3, -0.25) is 4.79 Å². The van der Waals surface area contributed by atoms with E-state index in [0.717, 1.165) is 6.54 Å². The normalized spacial score (nSPS) is 14.7. The van der Waals surface area contributed by atoms with Crippen LogP contribution in [0.15, 0.2) is 30.9 Å². The largest absolute Gasteiger partial charge is 0.355 e. The van der Waals surface area contributed by atoms with Gasteiger partial charge in [-0.1, -0.05) is 0 Å². The molecule has 8 heteroatoms. The zero-order valence-electron chi connectivity index (χ0n) is 13.0. The highest BCUT2D eigenvalue weighted by Gasteiger charge is 2.23. The maximum Gasteiger partial charge on any atom is 0.257 e. The number of nitrogens with zero attached hydrogens (tertiary/aromatic N) is 6. The fraction of sp³-hybridized carbons (Fsp3) is 0.400. The first kappa shape index (κ1) is 15.1. The topological polar surface area (TPSA) is 87.1 Å². The van der Waals surface area contributed by atoms with Crippen LogP contribution in [-0.4, -0.2) is 63.5 Å². The van der Waals surface area contributed by atoms with Gasteiger partial charge in [-0.15, -0.1) is 0 Å². The Morgan fingerprint density at radius 1 is 1.09 bits per heavy atom. The van der Waals surface area contributed by atoms with E-state index in [9.17, 15) is 4.79 Å². The summed E-state index contributed by atoms with van der Waals surface area (Å²) in [5, 5.41) is 3.01. The lowest BCUT2D eigenvalue weighted by atomic mass is 10.2. The minimum absolute atomic E-state index is 0.0401. The highest BCUT2D eigenvalue weighted by atomic mass is 16.2. The lowest BCUT2D eigenvalue weighted by molar-refractivity contribution is 0.0745. The van der Waals surface area contributed by atoms with Crippen molar-refractivity contribution in [3.8, 4) is 0 Å². The molecule has 0 aliphatic carbocycles. The number of nitrogens with one attached hydrogen (secondary N) is 1. The molecule has 23 heavy (non-hydrogen) atoms. The Labute approximate surface area is 134 Å². The molecule has 1 aliphatic rings. The first-order valence-electron chi connectivity index (χ1n) is 7.65. The quantitative estimate of drug-likeness (QED) is 0.887. The predicted molar refractivity (Wildman–Crippen MR) is 86.3 cm³/mol. The number of aromatic nitrogens is 4. The second kappa shape index (κ2) is 6.99. The van der Waals surface area contributed by atoms with E-state index in [4.69, 9.17) is 0 Å². The van der Waals surface area contributed by atoms with E-state index in [-0.39, 0.29) is 5.91 Å². The van der Waals surface area contributed by atoms with Crippen LogP contribution in [0.25, 0.3) is 0 Å². The summed E-state index contributed by atoms with van der Waals surface area (Å²) in [6, 6.07) is 1.79. The SMILES string of the molecule is CCNc1ncc(C(=O)N2CCN(c3ncccn3)CC2)cn1. The van der Waals surface area contributed by atoms with Crippen molar-refractivity contribution in [3.05, 3.63) is 36.4 Å². The molecule has 0 saturated carbocycles. The molecule has 0 spiro atoms. The van der Waals surface area contributed by atoms with Crippen LogP contribution in [0.4, 0.5) is 11.9 Å². The summed E-state index contributed by atoms with van der Waals surface area (Å²) in [5.41, 5.74) is 0.510.